The Bertz CT molecular complexity index is 333. The molecule has 1 aromatic rings. The molecule has 0 saturated carbocycles. The lowest BCUT2D eigenvalue weighted by Crippen LogP contribution is -2.25. The average molecular weight is 209 g/mol. The van der Waals surface area contributed by atoms with Gasteiger partial charge < -0.3 is 10.1 Å². The minimum atomic E-state index is -0.111. The fourth-order valence-electron chi connectivity index (χ4n) is 1.12. The molecule has 2 N–H and O–H groups in total. The van der Waals surface area contributed by atoms with Crippen molar-refractivity contribution < 1.29 is 9.53 Å². The number of aromatic nitrogens is 2. The third-order valence-electron chi connectivity index (χ3n) is 1.92. The lowest BCUT2D eigenvalue weighted by Gasteiger charge is -2.03. The first kappa shape index (κ1) is 11.3. The zero-order valence-corrected chi connectivity index (χ0v) is 8.75. The number of amides is 1. The van der Waals surface area contributed by atoms with Gasteiger partial charge in [0, 0.05) is 12.2 Å². The third kappa shape index (κ3) is 3.46. The summed E-state index contributed by atoms with van der Waals surface area (Å²) in [6.45, 7) is 6.38. The fraction of sp³-hybridized carbons (Fsp3) is 0.400. The van der Waals surface area contributed by atoms with Gasteiger partial charge in [0.25, 0.3) is 5.91 Å². The van der Waals surface area contributed by atoms with E-state index >= 15 is 0 Å². The summed E-state index contributed by atoms with van der Waals surface area (Å²) < 4.78 is 4.92. The number of ether oxygens (including phenoxy) is 1. The van der Waals surface area contributed by atoms with E-state index in [1.54, 1.807) is 0 Å². The maximum absolute atomic E-state index is 11.5. The molecule has 1 rings (SSSR count). The number of carbonyl (C=O) groups is 1. The van der Waals surface area contributed by atoms with Crippen molar-refractivity contribution in [2.24, 2.45) is 0 Å². The Kier molecular flexibility index (Phi) is 4.40. The van der Waals surface area contributed by atoms with Crippen LogP contribution >= 0.6 is 0 Å². The highest BCUT2D eigenvalue weighted by atomic mass is 16.5. The number of hydrogen-bond donors (Lipinski definition) is 2. The van der Waals surface area contributed by atoms with Gasteiger partial charge in [-0.15, -0.1) is 0 Å². The number of nitrogens with one attached hydrogen (secondary N) is 2. The second kappa shape index (κ2) is 5.85. The molecule has 1 aromatic heterocycles. The number of aryl methyl sites for hydroxylation is 1. The van der Waals surface area contributed by atoms with E-state index in [1.807, 2.05) is 6.92 Å². The van der Waals surface area contributed by atoms with E-state index in [2.05, 4.69) is 22.1 Å². The van der Waals surface area contributed by atoms with Crippen LogP contribution in [-0.2, 0) is 4.74 Å². The van der Waals surface area contributed by atoms with Crippen molar-refractivity contribution in [3.05, 3.63) is 30.3 Å². The average Bonchev–Trinajstić information content (AvgIpc) is 2.64. The standard InChI is InChI=1S/C10H15N3O2/c1-3-15-6-4-5-11-10(14)9-7-12-13-8(9)2/h3,7H,1,4-6H2,2H3,(H,11,14)(H,12,13). The van der Waals surface area contributed by atoms with Crippen LogP contribution in [0.5, 0.6) is 0 Å². The molecule has 0 unspecified atom stereocenters. The van der Waals surface area contributed by atoms with Gasteiger partial charge in [-0.05, 0) is 13.3 Å². The van der Waals surface area contributed by atoms with Crippen molar-refractivity contribution in [1.82, 2.24) is 15.5 Å². The zero-order chi connectivity index (χ0) is 11.1. The van der Waals surface area contributed by atoms with E-state index in [0.29, 0.717) is 18.7 Å². The minimum Gasteiger partial charge on any atom is -0.502 e. The lowest BCUT2D eigenvalue weighted by atomic mass is 10.2. The van der Waals surface area contributed by atoms with Crippen molar-refractivity contribution in [1.29, 1.82) is 0 Å². The second-order valence-corrected chi connectivity index (χ2v) is 3.06. The Balaban J connectivity index is 2.25. The quantitative estimate of drug-likeness (QED) is 0.542. The molecule has 0 radical (unpaired) electrons. The van der Waals surface area contributed by atoms with Crippen LogP contribution in [0.25, 0.3) is 0 Å². The van der Waals surface area contributed by atoms with Gasteiger partial charge in [0.05, 0.1) is 24.6 Å². The topological polar surface area (TPSA) is 67.0 Å². The van der Waals surface area contributed by atoms with E-state index in [4.69, 9.17) is 4.74 Å². The molecule has 0 bridgehead atoms. The summed E-state index contributed by atoms with van der Waals surface area (Å²) in [5.74, 6) is -0.111. The Morgan fingerprint density at radius 3 is 3.20 bits per heavy atom. The first-order valence-electron chi connectivity index (χ1n) is 4.76. The maximum Gasteiger partial charge on any atom is 0.254 e. The smallest absolute Gasteiger partial charge is 0.254 e. The van der Waals surface area contributed by atoms with Crippen LogP contribution in [0.3, 0.4) is 0 Å². The number of H-pyrrole nitrogens is 1. The van der Waals surface area contributed by atoms with Gasteiger partial charge in [0.2, 0.25) is 0 Å². The molecule has 1 amide bonds. The van der Waals surface area contributed by atoms with Gasteiger partial charge in [0.15, 0.2) is 0 Å². The summed E-state index contributed by atoms with van der Waals surface area (Å²) in [5.41, 5.74) is 1.36. The number of nitrogens with zero attached hydrogens (tertiary/aromatic N) is 1. The molecule has 0 aliphatic carbocycles. The van der Waals surface area contributed by atoms with E-state index < -0.39 is 0 Å². The minimum absolute atomic E-state index is 0.111. The van der Waals surface area contributed by atoms with Crippen LogP contribution in [0.1, 0.15) is 22.5 Å². The van der Waals surface area contributed by atoms with E-state index in [-0.39, 0.29) is 5.91 Å². The molecule has 0 saturated heterocycles. The predicted molar refractivity (Wildman–Crippen MR) is 56.4 cm³/mol. The molecule has 0 aliphatic rings. The number of carbonyl (C=O) groups excluding carboxylic acids is 1. The van der Waals surface area contributed by atoms with Crippen molar-refractivity contribution in [3.63, 3.8) is 0 Å². The number of aromatic amines is 1. The second-order valence-electron chi connectivity index (χ2n) is 3.06. The summed E-state index contributed by atoms with van der Waals surface area (Å²) in [4.78, 5) is 11.5. The molecular formula is C10H15N3O2. The molecule has 1 heterocycles. The van der Waals surface area contributed by atoms with Crippen LogP contribution in [0.4, 0.5) is 0 Å². The molecular weight excluding hydrogens is 194 g/mol. The van der Waals surface area contributed by atoms with Crippen molar-refractivity contribution in [2.75, 3.05) is 13.2 Å². The summed E-state index contributed by atoms with van der Waals surface area (Å²) in [5, 5.41) is 9.26. The Morgan fingerprint density at radius 1 is 1.80 bits per heavy atom. The molecule has 15 heavy (non-hydrogen) atoms. The predicted octanol–water partition coefficient (Wildman–Crippen LogP) is 0.998. The Labute approximate surface area is 88.5 Å². The van der Waals surface area contributed by atoms with E-state index in [9.17, 15) is 4.79 Å². The van der Waals surface area contributed by atoms with Crippen LogP contribution in [0.2, 0.25) is 0 Å². The maximum atomic E-state index is 11.5. The summed E-state index contributed by atoms with van der Waals surface area (Å²) in [6.07, 6.45) is 3.67. The first-order chi connectivity index (χ1) is 7.25. The summed E-state index contributed by atoms with van der Waals surface area (Å²) in [7, 11) is 0. The largest absolute Gasteiger partial charge is 0.502 e. The fourth-order valence-corrected chi connectivity index (χ4v) is 1.12. The Hall–Kier alpha value is -1.78. The summed E-state index contributed by atoms with van der Waals surface area (Å²) in [6, 6.07) is 0. The van der Waals surface area contributed by atoms with Crippen LogP contribution in [0.15, 0.2) is 19.0 Å². The monoisotopic (exact) mass is 209 g/mol. The highest BCUT2D eigenvalue weighted by molar-refractivity contribution is 5.94. The van der Waals surface area contributed by atoms with Crippen LogP contribution in [-0.4, -0.2) is 29.3 Å². The van der Waals surface area contributed by atoms with Crippen LogP contribution < -0.4 is 5.32 Å². The highest BCUT2D eigenvalue weighted by Crippen LogP contribution is 2.01. The molecule has 0 aromatic carbocycles. The van der Waals surface area contributed by atoms with Gasteiger partial charge >= 0.3 is 0 Å². The molecule has 0 atom stereocenters. The van der Waals surface area contributed by atoms with Gasteiger partial charge in [-0.25, -0.2) is 0 Å². The molecule has 5 heteroatoms. The van der Waals surface area contributed by atoms with Gasteiger partial charge in [-0.2, -0.15) is 5.10 Å². The molecule has 0 spiro atoms. The normalized spacial score (nSPS) is 9.67. The highest BCUT2D eigenvalue weighted by Gasteiger charge is 2.09. The van der Waals surface area contributed by atoms with Gasteiger partial charge in [0.1, 0.15) is 0 Å². The lowest BCUT2D eigenvalue weighted by molar-refractivity contribution is 0.0950. The van der Waals surface area contributed by atoms with Crippen molar-refractivity contribution in [3.8, 4) is 0 Å². The molecule has 82 valence electrons. The summed E-state index contributed by atoms with van der Waals surface area (Å²) >= 11 is 0. The van der Waals surface area contributed by atoms with E-state index in [0.717, 1.165) is 12.1 Å². The number of rotatable bonds is 6. The van der Waals surface area contributed by atoms with E-state index in [1.165, 1.54) is 12.5 Å². The molecule has 0 aliphatic heterocycles. The molecule has 5 nitrogen and oxygen atoms in total. The van der Waals surface area contributed by atoms with Crippen molar-refractivity contribution in [2.45, 2.75) is 13.3 Å². The Morgan fingerprint density at radius 2 is 2.60 bits per heavy atom. The molecule has 0 fully saturated rings. The van der Waals surface area contributed by atoms with Gasteiger partial charge in [-0.1, -0.05) is 6.58 Å². The zero-order valence-electron chi connectivity index (χ0n) is 8.75. The van der Waals surface area contributed by atoms with Crippen LogP contribution in [0, 0.1) is 6.92 Å². The first-order valence-corrected chi connectivity index (χ1v) is 4.76. The van der Waals surface area contributed by atoms with Gasteiger partial charge in [-0.3, -0.25) is 9.89 Å². The SMILES string of the molecule is C=COCCCNC(=O)c1cn[nH]c1C. The third-order valence-corrected chi connectivity index (χ3v) is 1.92. The van der Waals surface area contributed by atoms with Crippen molar-refractivity contribution >= 4 is 5.91 Å². The number of hydrogen-bond acceptors (Lipinski definition) is 3.